The predicted molar refractivity (Wildman–Crippen MR) is 100 cm³/mol. The molecule has 0 saturated carbocycles. The van der Waals surface area contributed by atoms with Crippen molar-refractivity contribution in [1.82, 2.24) is 20.4 Å². The van der Waals surface area contributed by atoms with Crippen LogP contribution in [0.2, 0.25) is 0 Å². The van der Waals surface area contributed by atoms with Gasteiger partial charge in [-0.25, -0.2) is 8.78 Å². The number of H-pyrrole nitrogens is 1. The van der Waals surface area contributed by atoms with E-state index in [4.69, 9.17) is 0 Å². The molecule has 2 amide bonds. The van der Waals surface area contributed by atoms with Gasteiger partial charge in [0.05, 0.1) is 17.0 Å². The van der Waals surface area contributed by atoms with E-state index in [0.717, 1.165) is 23.4 Å². The molecule has 0 saturated heterocycles. The Balaban J connectivity index is 2.11. The number of amides is 2. The van der Waals surface area contributed by atoms with E-state index in [1.165, 1.54) is 17.2 Å². The summed E-state index contributed by atoms with van der Waals surface area (Å²) in [6.45, 7) is 8.16. The van der Waals surface area contributed by atoms with Gasteiger partial charge in [0.25, 0.3) is 11.8 Å². The maximum atomic E-state index is 13.6. The molecule has 8 heteroatoms. The van der Waals surface area contributed by atoms with Crippen molar-refractivity contribution in [3.63, 3.8) is 0 Å². The largest absolute Gasteiger partial charge is 0.352 e. The minimum Gasteiger partial charge on any atom is -0.352 e. The highest BCUT2D eigenvalue weighted by Gasteiger charge is 2.37. The summed E-state index contributed by atoms with van der Waals surface area (Å²) in [5, 5.41) is 9.87. The van der Waals surface area contributed by atoms with Gasteiger partial charge in [-0.15, -0.1) is 0 Å². The number of fused-ring (bicyclic) bond motifs is 1. The van der Waals surface area contributed by atoms with Crippen LogP contribution in [0.5, 0.6) is 0 Å². The van der Waals surface area contributed by atoms with Gasteiger partial charge in [0.15, 0.2) is 11.6 Å². The standard InChI is InChI=1S/C20H22F2N4O2/c1-5-23-18(27)13-9-26(19(28)12-6-7-14(21)15(22)8-12)10-20(3,4)16-11(2)24-25-17(13)16/h6-9H,5,10H2,1-4H3,(H,23,27)(H,24,25). The molecule has 0 spiro atoms. The molecular formula is C20H22F2N4O2. The normalized spacial score (nSPS) is 15.5. The summed E-state index contributed by atoms with van der Waals surface area (Å²) >= 11 is 0. The maximum Gasteiger partial charge on any atom is 0.257 e. The summed E-state index contributed by atoms with van der Waals surface area (Å²) in [5.74, 6) is -3.00. The third kappa shape index (κ3) is 3.42. The second kappa shape index (κ2) is 7.18. The third-order valence-corrected chi connectivity index (χ3v) is 4.75. The Kier molecular flexibility index (Phi) is 5.06. The summed E-state index contributed by atoms with van der Waals surface area (Å²) in [4.78, 5) is 27.1. The number of aromatic amines is 1. The second-order valence-corrected chi connectivity index (χ2v) is 7.41. The highest BCUT2D eigenvalue weighted by atomic mass is 19.2. The Morgan fingerprint density at radius 1 is 1.29 bits per heavy atom. The second-order valence-electron chi connectivity index (χ2n) is 7.41. The van der Waals surface area contributed by atoms with E-state index in [1.807, 2.05) is 20.8 Å². The van der Waals surface area contributed by atoms with Crippen LogP contribution in [-0.2, 0) is 10.2 Å². The zero-order valence-corrected chi connectivity index (χ0v) is 16.2. The fourth-order valence-electron chi connectivity index (χ4n) is 3.58. The number of halogens is 2. The minimum atomic E-state index is -1.10. The molecule has 1 aromatic carbocycles. The topological polar surface area (TPSA) is 78.1 Å². The fourth-order valence-corrected chi connectivity index (χ4v) is 3.58. The van der Waals surface area contributed by atoms with Crippen LogP contribution in [0.15, 0.2) is 24.4 Å². The lowest BCUT2D eigenvalue weighted by Crippen LogP contribution is -2.37. The monoisotopic (exact) mass is 388 g/mol. The Hall–Kier alpha value is -3.03. The maximum absolute atomic E-state index is 13.6. The van der Waals surface area contributed by atoms with E-state index >= 15 is 0 Å². The van der Waals surface area contributed by atoms with Gasteiger partial charge in [-0.05, 0) is 32.0 Å². The summed E-state index contributed by atoms with van der Waals surface area (Å²) in [6.07, 6.45) is 1.44. The number of nitrogens with one attached hydrogen (secondary N) is 2. The SMILES string of the molecule is CCNC(=O)C1=CN(C(=O)c2ccc(F)c(F)c2)CC(C)(C)c2c(C)n[nH]c21. The van der Waals surface area contributed by atoms with E-state index in [1.54, 1.807) is 6.92 Å². The van der Waals surface area contributed by atoms with Crippen molar-refractivity contribution in [3.05, 3.63) is 58.5 Å². The number of carbonyl (C=O) groups excluding carboxylic acids is 2. The van der Waals surface area contributed by atoms with Crippen molar-refractivity contribution in [3.8, 4) is 0 Å². The molecule has 1 aliphatic heterocycles. The molecular weight excluding hydrogens is 366 g/mol. The zero-order chi connectivity index (χ0) is 20.6. The lowest BCUT2D eigenvalue weighted by atomic mass is 9.82. The quantitative estimate of drug-likeness (QED) is 0.849. The third-order valence-electron chi connectivity index (χ3n) is 4.75. The zero-order valence-electron chi connectivity index (χ0n) is 16.2. The predicted octanol–water partition coefficient (Wildman–Crippen LogP) is 2.91. The fraction of sp³-hybridized carbons (Fsp3) is 0.350. The van der Waals surface area contributed by atoms with Gasteiger partial charge in [0.2, 0.25) is 0 Å². The molecule has 0 aliphatic carbocycles. The number of hydrogen-bond donors (Lipinski definition) is 2. The summed E-state index contributed by atoms with van der Waals surface area (Å²) in [5.41, 5.74) is 1.85. The van der Waals surface area contributed by atoms with E-state index in [9.17, 15) is 18.4 Å². The van der Waals surface area contributed by atoms with Crippen LogP contribution in [0.1, 0.15) is 48.1 Å². The van der Waals surface area contributed by atoms with Crippen LogP contribution in [0.3, 0.4) is 0 Å². The Morgan fingerprint density at radius 2 is 2.00 bits per heavy atom. The van der Waals surface area contributed by atoms with Crippen LogP contribution >= 0.6 is 0 Å². The van der Waals surface area contributed by atoms with Crippen LogP contribution in [0, 0.1) is 18.6 Å². The van der Waals surface area contributed by atoms with Gasteiger partial charge in [-0.3, -0.25) is 14.7 Å². The molecule has 0 bridgehead atoms. The van der Waals surface area contributed by atoms with E-state index in [-0.39, 0.29) is 23.6 Å². The smallest absolute Gasteiger partial charge is 0.257 e. The van der Waals surface area contributed by atoms with Crippen molar-refractivity contribution in [2.45, 2.75) is 33.1 Å². The molecule has 0 unspecified atom stereocenters. The number of likely N-dealkylation sites (N-methyl/N-ethyl adjacent to an activating group) is 1. The molecule has 2 N–H and O–H groups in total. The highest BCUT2D eigenvalue weighted by Crippen LogP contribution is 2.36. The molecule has 2 heterocycles. The molecule has 0 atom stereocenters. The Morgan fingerprint density at radius 3 is 2.64 bits per heavy atom. The molecule has 28 heavy (non-hydrogen) atoms. The van der Waals surface area contributed by atoms with Gasteiger partial charge < -0.3 is 10.2 Å². The minimum absolute atomic E-state index is 0.00149. The number of aryl methyl sites for hydroxylation is 1. The number of carbonyl (C=O) groups is 2. The van der Waals surface area contributed by atoms with E-state index < -0.39 is 23.0 Å². The lowest BCUT2D eigenvalue weighted by Gasteiger charge is -2.29. The van der Waals surface area contributed by atoms with Crippen molar-refractivity contribution >= 4 is 17.4 Å². The Bertz CT molecular complexity index is 979. The first-order valence-electron chi connectivity index (χ1n) is 8.97. The molecule has 1 aromatic heterocycles. The summed E-state index contributed by atoms with van der Waals surface area (Å²) < 4.78 is 26.9. The molecule has 6 nitrogen and oxygen atoms in total. The van der Waals surface area contributed by atoms with Crippen LogP contribution in [-0.4, -0.2) is 40.0 Å². The van der Waals surface area contributed by atoms with Crippen molar-refractivity contribution in [2.75, 3.05) is 13.1 Å². The molecule has 3 rings (SSSR count). The summed E-state index contributed by atoms with van der Waals surface area (Å²) in [6, 6.07) is 3.00. The van der Waals surface area contributed by atoms with Crippen molar-refractivity contribution in [1.29, 1.82) is 0 Å². The van der Waals surface area contributed by atoms with Gasteiger partial charge >= 0.3 is 0 Å². The van der Waals surface area contributed by atoms with Crippen molar-refractivity contribution in [2.24, 2.45) is 0 Å². The van der Waals surface area contributed by atoms with Crippen LogP contribution < -0.4 is 5.32 Å². The average molecular weight is 388 g/mol. The number of benzene rings is 1. The van der Waals surface area contributed by atoms with Crippen LogP contribution in [0.25, 0.3) is 5.57 Å². The van der Waals surface area contributed by atoms with Gasteiger partial charge in [0, 0.05) is 35.8 Å². The van der Waals surface area contributed by atoms with Crippen LogP contribution in [0.4, 0.5) is 8.78 Å². The molecule has 2 aromatic rings. The highest BCUT2D eigenvalue weighted by molar-refractivity contribution is 6.20. The average Bonchev–Trinajstić information content (AvgIpc) is 2.96. The molecule has 1 aliphatic rings. The molecule has 0 fully saturated rings. The number of rotatable bonds is 3. The lowest BCUT2D eigenvalue weighted by molar-refractivity contribution is -0.115. The molecule has 148 valence electrons. The van der Waals surface area contributed by atoms with E-state index in [2.05, 4.69) is 15.5 Å². The first-order chi connectivity index (χ1) is 13.2. The summed E-state index contributed by atoms with van der Waals surface area (Å²) in [7, 11) is 0. The number of hydrogen-bond acceptors (Lipinski definition) is 3. The van der Waals surface area contributed by atoms with Gasteiger partial charge in [-0.2, -0.15) is 5.10 Å². The van der Waals surface area contributed by atoms with Gasteiger partial charge in [0.1, 0.15) is 0 Å². The first-order valence-corrected chi connectivity index (χ1v) is 8.97. The number of nitrogens with zero attached hydrogens (tertiary/aromatic N) is 2. The first kappa shape index (κ1) is 19.7. The van der Waals surface area contributed by atoms with Crippen molar-refractivity contribution < 1.29 is 18.4 Å². The number of aromatic nitrogens is 2. The van der Waals surface area contributed by atoms with E-state index in [0.29, 0.717) is 12.2 Å². The van der Waals surface area contributed by atoms with Gasteiger partial charge in [-0.1, -0.05) is 13.8 Å². The molecule has 0 radical (unpaired) electrons. The Labute approximate surface area is 161 Å².